The summed E-state index contributed by atoms with van der Waals surface area (Å²) in [4.78, 5) is 4.55. The van der Waals surface area contributed by atoms with Crippen molar-refractivity contribution >= 4 is 5.84 Å². The number of nitrogens with two attached hydrogens (primary N) is 1. The fourth-order valence-electron chi connectivity index (χ4n) is 1.51. The summed E-state index contributed by atoms with van der Waals surface area (Å²) in [5.41, 5.74) is 5.94. The number of nitrogens with zero attached hydrogens (tertiary/aromatic N) is 1. The molecule has 11 heavy (non-hydrogen) atoms. The predicted molar refractivity (Wildman–Crippen MR) is 48.8 cm³/mol. The highest BCUT2D eigenvalue weighted by Gasteiger charge is 2.34. The topological polar surface area (TPSA) is 38.4 Å². The first kappa shape index (κ1) is 8.57. The van der Waals surface area contributed by atoms with Crippen molar-refractivity contribution in [1.29, 1.82) is 0 Å². The van der Waals surface area contributed by atoms with Gasteiger partial charge in [0.25, 0.3) is 0 Å². The maximum atomic E-state index is 5.69. The number of amidine groups is 1. The molecule has 0 aromatic rings. The van der Waals surface area contributed by atoms with Crippen molar-refractivity contribution in [1.82, 2.24) is 0 Å². The largest absolute Gasteiger partial charge is 0.387 e. The Morgan fingerprint density at radius 2 is 2.09 bits per heavy atom. The van der Waals surface area contributed by atoms with Gasteiger partial charge in [0.2, 0.25) is 0 Å². The summed E-state index contributed by atoms with van der Waals surface area (Å²) in [6, 6.07) is 0. The number of hydrogen-bond acceptors (Lipinski definition) is 1. The average molecular weight is 154 g/mol. The van der Waals surface area contributed by atoms with Crippen LogP contribution in [0, 0.1) is 0 Å². The van der Waals surface area contributed by atoms with E-state index in [9.17, 15) is 0 Å². The van der Waals surface area contributed by atoms with E-state index in [0.717, 1.165) is 18.7 Å². The molecular formula is C9H18N2. The first-order valence-electron chi connectivity index (χ1n) is 4.56. The highest BCUT2D eigenvalue weighted by atomic mass is 14.9. The Kier molecular flexibility index (Phi) is 2.53. The molecule has 0 unspecified atom stereocenters. The molecule has 0 heterocycles. The molecule has 64 valence electrons. The van der Waals surface area contributed by atoms with Gasteiger partial charge in [0.15, 0.2) is 0 Å². The molecule has 2 heteroatoms. The molecule has 1 saturated carbocycles. The van der Waals surface area contributed by atoms with Gasteiger partial charge in [-0.15, -0.1) is 0 Å². The average Bonchev–Trinajstić information content (AvgIpc) is 1.96. The van der Waals surface area contributed by atoms with E-state index in [1.165, 1.54) is 19.3 Å². The lowest BCUT2D eigenvalue weighted by Crippen LogP contribution is -2.36. The van der Waals surface area contributed by atoms with Crippen molar-refractivity contribution in [2.45, 2.75) is 51.5 Å². The Morgan fingerprint density at radius 3 is 2.36 bits per heavy atom. The van der Waals surface area contributed by atoms with E-state index in [1.807, 2.05) is 0 Å². The minimum Gasteiger partial charge on any atom is -0.387 e. The quantitative estimate of drug-likeness (QED) is 0.490. The smallest absolute Gasteiger partial charge is 0.0941 e. The molecule has 2 N–H and O–H groups in total. The molecule has 2 nitrogen and oxygen atoms in total. The molecule has 0 atom stereocenters. The molecule has 0 amide bonds. The third-order valence-electron chi connectivity index (χ3n) is 2.69. The Bertz CT molecular complexity index is 151. The molecule has 0 radical (unpaired) electrons. The Morgan fingerprint density at radius 1 is 1.45 bits per heavy atom. The van der Waals surface area contributed by atoms with Crippen LogP contribution in [0.25, 0.3) is 0 Å². The van der Waals surface area contributed by atoms with Crippen molar-refractivity contribution < 1.29 is 0 Å². The summed E-state index contributed by atoms with van der Waals surface area (Å²) >= 11 is 0. The second-order valence-corrected chi connectivity index (χ2v) is 3.39. The normalized spacial score (nSPS) is 22.9. The molecule has 0 saturated heterocycles. The molecule has 1 fully saturated rings. The zero-order chi connectivity index (χ0) is 8.32. The summed E-state index contributed by atoms with van der Waals surface area (Å²) < 4.78 is 0. The lowest BCUT2D eigenvalue weighted by atomic mass is 9.75. The number of hydrogen-bond donors (Lipinski definition) is 1. The molecule has 0 aromatic carbocycles. The molecule has 1 aliphatic rings. The van der Waals surface area contributed by atoms with Gasteiger partial charge in [-0.05, 0) is 25.7 Å². The zero-order valence-electron chi connectivity index (χ0n) is 7.56. The molecule has 0 spiro atoms. The van der Waals surface area contributed by atoms with Gasteiger partial charge in [-0.1, -0.05) is 13.8 Å². The standard InChI is InChI=1S/C9H18N2/c1-3-8(10)11-9(4-2)6-5-7-9/h3-7H2,1-2H3,(H2,10,11). The van der Waals surface area contributed by atoms with Crippen LogP contribution >= 0.6 is 0 Å². The minimum absolute atomic E-state index is 0.250. The van der Waals surface area contributed by atoms with E-state index < -0.39 is 0 Å². The van der Waals surface area contributed by atoms with Gasteiger partial charge in [-0.3, -0.25) is 4.99 Å². The maximum absolute atomic E-state index is 5.69. The third kappa shape index (κ3) is 1.73. The Balaban J connectivity index is 2.56. The van der Waals surface area contributed by atoms with Crippen molar-refractivity contribution in [2.24, 2.45) is 10.7 Å². The number of aliphatic imine (C=N–C) groups is 1. The van der Waals surface area contributed by atoms with Gasteiger partial charge in [0.05, 0.1) is 11.4 Å². The van der Waals surface area contributed by atoms with Crippen LogP contribution in [-0.2, 0) is 0 Å². The SMILES string of the molecule is CCC(N)=NC1(CC)CCC1. The van der Waals surface area contributed by atoms with E-state index in [4.69, 9.17) is 5.73 Å². The summed E-state index contributed by atoms with van der Waals surface area (Å²) in [6.45, 7) is 4.26. The lowest BCUT2D eigenvalue weighted by molar-refractivity contribution is 0.243. The van der Waals surface area contributed by atoms with Crippen molar-refractivity contribution in [2.75, 3.05) is 0 Å². The fraction of sp³-hybridized carbons (Fsp3) is 0.889. The van der Waals surface area contributed by atoms with E-state index >= 15 is 0 Å². The van der Waals surface area contributed by atoms with Crippen molar-refractivity contribution in [3.05, 3.63) is 0 Å². The maximum Gasteiger partial charge on any atom is 0.0941 e. The highest BCUT2D eigenvalue weighted by Crippen LogP contribution is 2.38. The summed E-state index contributed by atoms with van der Waals surface area (Å²) in [5.74, 6) is 0.826. The minimum atomic E-state index is 0.250. The van der Waals surface area contributed by atoms with E-state index in [0.29, 0.717) is 0 Å². The van der Waals surface area contributed by atoms with Crippen LogP contribution < -0.4 is 5.73 Å². The third-order valence-corrected chi connectivity index (χ3v) is 2.69. The van der Waals surface area contributed by atoms with Gasteiger partial charge in [-0.2, -0.15) is 0 Å². The van der Waals surface area contributed by atoms with Crippen LogP contribution in [-0.4, -0.2) is 11.4 Å². The summed E-state index contributed by atoms with van der Waals surface area (Å²) in [6.07, 6.45) is 5.85. The molecule has 0 aromatic heterocycles. The second-order valence-electron chi connectivity index (χ2n) is 3.39. The first-order chi connectivity index (χ1) is 5.22. The van der Waals surface area contributed by atoms with Crippen LogP contribution in [0.1, 0.15) is 46.0 Å². The fourth-order valence-corrected chi connectivity index (χ4v) is 1.51. The molecule has 1 rings (SSSR count). The summed E-state index contributed by atoms with van der Waals surface area (Å²) in [7, 11) is 0. The molecule has 0 aliphatic heterocycles. The first-order valence-corrected chi connectivity index (χ1v) is 4.56. The van der Waals surface area contributed by atoms with Gasteiger partial charge in [0.1, 0.15) is 0 Å². The van der Waals surface area contributed by atoms with Crippen LogP contribution in [0.5, 0.6) is 0 Å². The number of rotatable bonds is 3. The highest BCUT2D eigenvalue weighted by molar-refractivity contribution is 5.80. The Labute approximate surface area is 68.9 Å². The van der Waals surface area contributed by atoms with Crippen molar-refractivity contribution in [3.8, 4) is 0 Å². The molecule has 1 aliphatic carbocycles. The van der Waals surface area contributed by atoms with Gasteiger partial charge in [0, 0.05) is 6.42 Å². The monoisotopic (exact) mass is 154 g/mol. The summed E-state index contributed by atoms with van der Waals surface area (Å²) in [5, 5.41) is 0. The predicted octanol–water partition coefficient (Wildman–Crippen LogP) is 2.09. The van der Waals surface area contributed by atoms with Crippen LogP contribution in [0.2, 0.25) is 0 Å². The lowest BCUT2D eigenvalue weighted by Gasteiger charge is -2.37. The molecular weight excluding hydrogens is 136 g/mol. The zero-order valence-corrected chi connectivity index (χ0v) is 7.56. The van der Waals surface area contributed by atoms with Crippen LogP contribution in [0.15, 0.2) is 4.99 Å². The Hall–Kier alpha value is -0.530. The van der Waals surface area contributed by atoms with E-state index in [1.54, 1.807) is 0 Å². The van der Waals surface area contributed by atoms with Gasteiger partial charge < -0.3 is 5.73 Å². The van der Waals surface area contributed by atoms with Crippen LogP contribution in [0.3, 0.4) is 0 Å². The molecule has 0 bridgehead atoms. The van der Waals surface area contributed by atoms with Gasteiger partial charge in [-0.25, -0.2) is 0 Å². The second kappa shape index (κ2) is 3.24. The van der Waals surface area contributed by atoms with E-state index in [2.05, 4.69) is 18.8 Å². The van der Waals surface area contributed by atoms with E-state index in [-0.39, 0.29) is 5.54 Å². The van der Waals surface area contributed by atoms with Gasteiger partial charge >= 0.3 is 0 Å². The van der Waals surface area contributed by atoms with Crippen LogP contribution in [0.4, 0.5) is 0 Å². The van der Waals surface area contributed by atoms with Crippen molar-refractivity contribution in [3.63, 3.8) is 0 Å².